The van der Waals surface area contributed by atoms with Crippen molar-refractivity contribution >= 4 is 5.97 Å². The first-order chi connectivity index (χ1) is 10.0. The second-order valence-electron chi connectivity index (χ2n) is 5.53. The fourth-order valence-corrected chi connectivity index (χ4v) is 3.16. The van der Waals surface area contributed by atoms with Crippen LogP contribution in [0.5, 0.6) is 5.75 Å². The molecule has 0 saturated carbocycles. The van der Waals surface area contributed by atoms with E-state index in [1.807, 2.05) is 30.0 Å². The van der Waals surface area contributed by atoms with Crippen LogP contribution in [0.15, 0.2) is 24.3 Å². The van der Waals surface area contributed by atoms with E-state index in [1.165, 1.54) is 0 Å². The summed E-state index contributed by atoms with van der Waals surface area (Å²) in [6.07, 6.45) is 1.32. The summed E-state index contributed by atoms with van der Waals surface area (Å²) < 4.78 is 5.16. The first-order valence-electron chi connectivity index (χ1n) is 7.34. The van der Waals surface area contributed by atoms with E-state index in [-0.39, 0.29) is 0 Å². The minimum Gasteiger partial charge on any atom is -0.497 e. The predicted molar refractivity (Wildman–Crippen MR) is 79.4 cm³/mol. The summed E-state index contributed by atoms with van der Waals surface area (Å²) in [5.41, 5.74) is -0.0866. The van der Waals surface area contributed by atoms with Gasteiger partial charge in [-0.25, -0.2) is 0 Å². The van der Waals surface area contributed by atoms with Gasteiger partial charge in [-0.3, -0.25) is 9.69 Å². The van der Waals surface area contributed by atoms with Gasteiger partial charge in [0.25, 0.3) is 0 Å². The number of aliphatic hydroxyl groups is 1. The molecule has 1 aromatic rings. The van der Waals surface area contributed by atoms with Gasteiger partial charge < -0.3 is 14.9 Å². The summed E-state index contributed by atoms with van der Waals surface area (Å²) in [6, 6.07) is 7.26. The standard InChI is InChI=1S/C16H23NO4/c1-3-16(15(19)20)8-5-9-17(16)11-14(18)12-6-4-7-13(10-12)21-2/h4,6-7,10,14,18H,3,5,8-9,11H2,1-2H3,(H,19,20). The second kappa shape index (κ2) is 6.45. The van der Waals surface area contributed by atoms with E-state index in [9.17, 15) is 15.0 Å². The zero-order chi connectivity index (χ0) is 15.5. The van der Waals surface area contributed by atoms with E-state index in [0.29, 0.717) is 31.7 Å². The molecule has 1 aliphatic rings. The van der Waals surface area contributed by atoms with E-state index in [4.69, 9.17) is 4.74 Å². The average molecular weight is 293 g/mol. The zero-order valence-electron chi connectivity index (χ0n) is 12.6. The summed E-state index contributed by atoms with van der Waals surface area (Å²) in [6.45, 7) is 2.93. The number of carbonyl (C=O) groups is 1. The highest BCUT2D eigenvalue weighted by atomic mass is 16.5. The number of aliphatic hydroxyl groups excluding tert-OH is 1. The Morgan fingerprint density at radius 1 is 1.52 bits per heavy atom. The molecular weight excluding hydrogens is 270 g/mol. The third-order valence-electron chi connectivity index (χ3n) is 4.48. The van der Waals surface area contributed by atoms with Crippen molar-refractivity contribution in [3.63, 3.8) is 0 Å². The van der Waals surface area contributed by atoms with Gasteiger partial charge in [-0.1, -0.05) is 19.1 Å². The first-order valence-corrected chi connectivity index (χ1v) is 7.34. The molecule has 1 heterocycles. The molecule has 1 fully saturated rings. The molecule has 2 unspecified atom stereocenters. The lowest BCUT2D eigenvalue weighted by Crippen LogP contribution is -2.51. The van der Waals surface area contributed by atoms with Crippen molar-refractivity contribution in [2.75, 3.05) is 20.2 Å². The van der Waals surface area contributed by atoms with E-state index in [1.54, 1.807) is 13.2 Å². The van der Waals surface area contributed by atoms with Gasteiger partial charge in [0.15, 0.2) is 0 Å². The average Bonchev–Trinajstić information content (AvgIpc) is 2.91. The zero-order valence-corrected chi connectivity index (χ0v) is 12.6. The topological polar surface area (TPSA) is 70.0 Å². The van der Waals surface area contributed by atoms with Gasteiger partial charge in [0.2, 0.25) is 0 Å². The van der Waals surface area contributed by atoms with Gasteiger partial charge in [0.1, 0.15) is 11.3 Å². The minimum absolute atomic E-state index is 0.327. The normalized spacial score (nSPS) is 24.0. The number of methoxy groups -OCH3 is 1. The molecule has 0 aromatic heterocycles. The van der Waals surface area contributed by atoms with Crippen molar-refractivity contribution in [3.8, 4) is 5.75 Å². The van der Waals surface area contributed by atoms with Gasteiger partial charge in [0.05, 0.1) is 13.2 Å². The Labute approximate surface area is 125 Å². The van der Waals surface area contributed by atoms with Crippen LogP contribution in [0, 0.1) is 0 Å². The maximum Gasteiger partial charge on any atom is 0.324 e. The van der Waals surface area contributed by atoms with Gasteiger partial charge in [-0.05, 0) is 43.5 Å². The van der Waals surface area contributed by atoms with Crippen LogP contribution in [0.25, 0.3) is 0 Å². The highest BCUT2D eigenvalue weighted by Crippen LogP contribution is 2.34. The summed E-state index contributed by atoms with van der Waals surface area (Å²) in [7, 11) is 1.58. The molecule has 5 nitrogen and oxygen atoms in total. The number of β-amino-alcohol motifs (C(OH)–C–C–N with tert-alkyl or cyclic N) is 1. The van der Waals surface area contributed by atoms with Crippen LogP contribution in [0.1, 0.15) is 37.9 Å². The summed E-state index contributed by atoms with van der Waals surface area (Å²) in [5.74, 6) is -0.103. The van der Waals surface area contributed by atoms with Crippen molar-refractivity contribution < 1.29 is 19.7 Å². The molecule has 2 rings (SSSR count). The maximum absolute atomic E-state index is 11.6. The molecule has 0 bridgehead atoms. The van der Waals surface area contributed by atoms with Crippen LogP contribution in [-0.4, -0.2) is 46.8 Å². The van der Waals surface area contributed by atoms with Crippen LogP contribution >= 0.6 is 0 Å². The van der Waals surface area contributed by atoms with Crippen LogP contribution in [0.3, 0.4) is 0 Å². The Balaban J connectivity index is 2.14. The second-order valence-corrected chi connectivity index (χ2v) is 5.53. The number of benzene rings is 1. The highest BCUT2D eigenvalue weighted by Gasteiger charge is 2.46. The Morgan fingerprint density at radius 3 is 2.90 bits per heavy atom. The number of likely N-dealkylation sites (tertiary alicyclic amines) is 1. The molecule has 0 amide bonds. The smallest absolute Gasteiger partial charge is 0.324 e. The molecule has 5 heteroatoms. The molecule has 2 atom stereocenters. The fraction of sp³-hybridized carbons (Fsp3) is 0.562. The molecule has 1 aromatic carbocycles. The Morgan fingerprint density at radius 2 is 2.29 bits per heavy atom. The number of hydrogen-bond acceptors (Lipinski definition) is 4. The third kappa shape index (κ3) is 3.04. The number of carboxylic acid groups (broad SMARTS) is 1. The molecule has 0 aliphatic carbocycles. The third-order valence-corrected chi connectivity index (χ3v) is 4.48. The van der Waals surface area contributed by atoms with Crippen LogP contribution in [-0.2, 0) is 4.79 Å². The maximum atomic E-state index is 11.6. The summed E-state index contributed by atoms with van der Waals surface area (Å²) >= 11 is 0. The van der Waals surface area contributed by atoms with Gasteiger partial charge in [0, 0.05) is 6.54 Å². The summed E-state index contributed by atoms with van der Waals surface area (Å²) in [4.78, 5) is 13.5. The molecule has 1 aliphatic heterocycles. The number of ether oxygens (including phenoxy) is 1. The van der Waals surface area contributed by atoms with Crippen LogP contribution in [0.2, 0.25) is 0 Å². The largest absolute Gasteiger partial charge is 0.497 e. The predicted octanol–water partition coefficient (Wildman–Crippen LogP) is 2.06. The number of carboxylic acids is 1. The molecule has 21 heavy (non-hydrogen) atoms. The quantitative estimate of drug-likeness (QED) is 0.840. The molecule has 2 N–H and O–H groups in total. The van der Waals surface area contributed by atoms with Crippen molar-refractivity contribution in [2.45, 2.75) is 37.8 Å². The van der Waals surface area contributed by atoms with Crippen LogP contribution < -0.4 is 4.74 Å². The van der Waals surface area contributed by atoms with E-state index in [0.717, 1.165) is 12.0 Å². The number of nitrogens with zero attached hydrogens (tertiary/aromatic N) is 1. The lowest BCUT2D eigenvalue weighted by atomic mass is 9.92. The Hall–Kier alpha value is -1.59. The highest BCUT2D eigenvalue weighted by molar-refractivity contribution is 5.79. The van der Waals surface area contributed by atoms with E-state index >= 15 is 0 Å². The van der Waals surface area contributed by atoms with Gasteiger partial charge in [-0.2, -0.15) is 0 Å². The van der Waals surface area contributed by atoms with Crippen molar-refractivity contribution in [1.29, 1.82) is 0 Å². The number of rotatable bonds is 6. The fourth-order valence-electron chi connectivity index (χ4n) is 3.16. The lowest BCUT2D eigenvalue weighted by Gasteiger charge is -2.35. The molecular formula is C16H23NO4. The monoisotopic (exact) mass is 293 g/mol. The molecule has 116 valence electrons. The van der Waals surface area contributed by atoms with Gasteiger partial charge >= 0.3 is 5.97 Å². The number of hydrogen-bond donors (Lipinski definition) is 2. The lowest BCUT2D eigenvalue weighted by molar-refractivity contribution is -0.150. The Bertz CT molecular complexity index is 505. The Kier molecular flexibility index (Phi) is 4.85. The van der Waals surface area contributed by atoms with Crippen molar-refractivity contribution in [3.05, 3.63) is 29.8 Å². The summed E-state index contributed by atoms with van der Waals surface area (Å²) in [5, 5.41) is 20.0. The molecule has 0 spiro atoms. The van der Waals surface area contributed by atoms with Crippen molar-refractivity contribution in [1.82, 2.24) is 4.90 Å². The first kappa shape index (κ1) is 15.8. The number of aliphatic carboxylic acids is 1. The van der Waals surface area contributed by atoms with E-state index in [2.05, 4.69) is 0 Å². The van der Waals surface area contributed by atoms with Crippen LogP contribution in [0.4, 0.5) is 0 Å². The minimum atomic E-state index is -0.833. The van der Waals surface area contributed by atoms with Crippen molar-refractivity contribution in [2.24, 2.45) is 0 Å². The molecule has 1 saturated heterocycles. The molecule has 0 radical (unpaired) electrons. The van der Waals surface area contributed by atoms with E-state index < -0.39 is 17.6 Å². The van der Waals surface area contributed by atoms with Gasteiger partial charge in [-0.15, -0.1) is 0 Å². The SMILES string of the molecule is CCC1(C(=O)O)CCCN1CC(O)c1cccc(OC)c1.